The molecule has 1 aromatic heterocycles. The van der Waals surface area contributed by atoms with Gasteiger partial charge in [0.25, 0.3) is 0 Å². The quantitative estimate of drug-likeness (QED) is 0.849. The van der Waals surface area contributed by atoms with Crippen molar-refractivity contribution < 1.29 is 4.74 Å². The van der Waals surface area contributed by atoms with Crippen LogP contribution in [0.25, 0.3) is 0 Å². The predicted octanol–water partition coefficient (Wildman–Crippen LogP) is 3.31. The topological polar surface area (TPSA) is 39.1 Å². The maximum atomic E-state index is 5.53. The van der Waals surface area contributed by atoms with Gasteiger partial charge in [-0.3, -0.25) is 4.68 Å². The molecule has 0 aliphatic rings. The highest BCUT2D eigenvalue weighted by atomic mass is 16.5. The Hall–Kier alpha value is -1.81. The maximum absolute atomic E-state index is 5.53. The van der Waals surface area contributed by atoms with E-state index >= 15 is 0 Å². The first-order valence-corrected chi connectivity index (χ1v) is 7.60. The minimum Gasteiger partial charge on any atom is -0.493 e. The molecule has 0 amide bonds. The second kappa shape index (κ2) is 7.27. The largest absolute Gasteiger partial charge is 0.493 e. The molecule has 0 spiro atoms. The van der Waals surface area contributed by atoms with Crippen LogP contribution in [0.15, 0.2) is 30.5 Å². The van der Waals surface area contributed by atoms with Gasteiger partial charge in [0.05, 0.1) is 19.3 Å². The Kier molecular flexibility index (Phi) is 5.39. The number of nitrogens with zero attached hydrogens (tertiary/aromatic N) is 2. The average Bonchev–Trinajstić information content (AvgIpc) is 2.88. The molecule has 0 radical (unpaired) electrons. The Morgan fingerprint density at radius 2 is 2.14 bits per heavy atom. The summed E-state index contributed by atoms with van der Waals surface area (Å²) in [6.07, 6.45) is 2.86. The molecular weight excluding hydrogens is 262 g/mol. The molecule has 4 nitrogen and oxygen atoms in total. The Balaban J connectivity index is 2.49. The molecule has 2 aromatic rings. The first-order valence-electron chi connectivity index (χ1n) is 7.60. The average molecular weight is 287 g/mol. The van der Waals surface area contributed by atoms with E-state index in [1.165, 1.54) is 11.1 Å². The summed E-state index contributed by atoms with van der Waals surface area (Å²) < 4.78 is 7.58. The van der Waals surface area contributed by atoms with E-state index in [4.69, 9.17) is 4.74 Å². The fourth-order valence-corrected chi connectivity index (χ4v) is 2.64. The second-order valence-corrected chi connectivity index (χ2v) is 5.23. The molecule has 0 saturated heterocycles. The lowest BCUT2D eigenvalue weighted by atomic mass is 10.0. The molecule has 0 aliphatic carbocycles. The molecule has 1 N–H and O–H groups in total. The van der Waals surface area contributed by atoms with Crippen LogP contribution in [0.2, 0.25) is 0 Å². The third-order valence-corrected chi connectivity index (χ3v) is 3.56. The molecule has 21 heavy (non-hydrogen) atoms. The minimum atomic E-state index is 0.0962. The molecule has 1 atom stereocenters. The van der Waals surface area contributed by atoms with Crippen molar-refractivity contribution in [3.8, 4) is 5.75 Å². The molecule has 1 aromatic carbocycles. The zero-order chi connectivity index (χ0) is 15.2. The summed E-state index contributed by atoms with van der Waals surface area (Å²) in [5.41, 5.74) is 3.61. The Morgan fingerprint density at radius 3 is 2.76 bits per heavy atom. The number of hydrogen-bond donors (Lipinski definition) is 1. The smallest absolute Gasteiger partial charge is 0.161 e. The van der Waals surface area contributed by atoms with Gasteiger partial charge in [-0.1, -0.05) is 43.7 Å². The van der Waals surface area contributed by atoms with E-state index < -0.39 is 0 Å². The molecule has 0 saturated carbocycles. The maximum Gasteiger partial charge on any atom is 0.161 e. The highest BCUT2D eigenvalue weighted by molar-refractivity contribution is 5.37. The lowest BCUT2D eigenvalue weighted by molar-refractivity contribution is 0.398. The lowest BCUT2D eigenvalue weighted by Gasteiger charge is -2.21. The molecule has 1 unspecified atom stereocenters. The fraction of sp³-hybridized carbons (Fsp3) is 0.471. The number of aryl methyl sites for hydroxylation is 2. The Bertz CT molecular complexity index is 577. The number of ether oxygens (including phenoxy) is 1. The van der Waals surface area contributed by atoms with Crippen LogP contribution in [0.4, 0.5) is 0 Å². The summed E-state index contributed by atoms with van der Waals surface area (Å²) in [4.78, 5) is 0. The van der Waals surface area contributed by atoms with Gasteiger partial charge in [0.15, 0.2) is 5.75 Å². The first-order chi connectivity index (χ1) is 10.2. The van der Waals surface area contributed by atoms with E-state index in [1.807, 2.05) is 6.20 Å². The SMILES string of the molecule is CCCn1ncc(OC)c1C(NCC)c1cccc(C)c1. The lowest BCUT2D eigenvalue weighted by Crippen LogP contribution is -2.25. The normalized spacial score (nSPS) is 12.4. The van der Waals surface area contributed by atoms with Gasteiger partial charge < -0.3 is 10.1 Å². The van der Waals surface area contributed by atoms with E-state index in [1.54, 1.807) is 7.11 Å². The van der Waals surface area contributed by atoms with E-state index in [0.29, 0.717) is 0 Å². The fourth-order valence-electron chi connectivity index (χ4n) is 2.64. The van der Waals surface area contributed by atoms with Gasteiger partial charge in [0.2, 0.25) is 0 Å². The summed E-state index contributed by atoms with van der Waals surface area (Å²) in [6, 6.07) is 8.69. The summed E-state index contributed by atoms with van der Waals surface area (Å²) in [6.45, 7) is 8.18. The van der Waals surface area contributed by atoms with Crippen molar-refractivity contribution in [2.24, 2.45) is 0 Å². The molecule has 0 fully saturated rings. The van der Waals surface area contributed by atoms with Crippen LogP contribution in [0.3, 0.4) is 0 Å². The van der Waals surface area contributed by atoms with E-state index in [0.717, 1.165) is 31.0 Å². The summed E-state index contributed by atoms with van der Waals surface area (Å²) >= 11 is 0. The van der Waals surface area contributed by atoms with Crippen molar-refractivity contribution in [1.29, 1.82) is 0 Å². The number of benzene rings is 1. The Labute approximate surface area is 127 Å². The van der Waals surface area contributed by atoms with Crippen LogP contribution >= 0.6 is 0 Å². The number of rotatable bonds is 7. The first kappa shape index (κ1) is 15.6. The zero-order valence-electron chi connectivity index (χ0n) is 13.4. The van der Waals surface area contributed by atoms with Crippen LogP contribution < -0.4 is 10.1 Å². The highest BCUT2D eigenvalue weighted by Crippen LogP contribution is 2.30. The van der Waals surface area contributed by atoms with E-state index in [9.17, 15) is 0 Å². The van der Waals surface area contributed by atoms with Gasteiger partial charge in [-0.15, -0.1) is 0 Å². The van der Waals surface area contributed by atoms with Crippen LogP contribution in [0.5, 0.6) is 5.75 Å². The molecule has 4 heteroatoms. The molecule has 0 aliphatic heterocycles. The number of nitrogens with one attached hydrogen (secondary N) is 1. The van der Waals surface area contributed by atoms with Gasteiger partial charge >= 0.3 is 0 Å². The summed E-state index contributed by atoms with van der Waals surface area (Å²) in [5, 5.41) is 8.04. The third kappa shape index (κ3) is 3.45. The highest BCUT2D eigenvalue weighted by Gasteiger charge is 2.22. The minimum absolute atomic E-state index is 0.0962. The second-order valence-electron chi connectivity index (χ2n) is 5.23. The molecule has 2 rings (SSSR count). The van der Waals surface area contributed by atoms with Gasteiger partial charge in [-0.2, -0.15) is 5.10 Å². The third-order valence-electron chi connectivity index (χ3n) is 3.56. The van der Waals surface area contributed by atoms with Crippen LogP contribution in [0.1, 0.15) is 43.1 Å². The van der Waals surface area contributed by atoms with Crippen molar-refractivity contribution in [3.63, 3.8) is 0 Å². The molecule has 114 valence electrons. The summed E-state index contributed by atoms with van der Waals surface area (Å²) in [7, 11) is 1.70. The van der Waals surface area contributed by atoms with E-state index in [-0.39, 0.29) is 6.04 Å². The van der Waals surface area contributed by atoms with Crippen LogP contribution in [-0.4, -0.2) is 23.4 Å². The van der Waals surface area contributed by atoms with Gasteiger partial charge in [0.1, 0.15) is 5.69 Å². The molecule has 0 bridgehead atoms. The number of hydrogen-bond acceptors (Lipinski definition) is 3. The van der Waals surface area contributed by atoms with Gasteiger partial charge in [0, 0.05) is 6.54 Å². The molecule has 1 heterocycles. The van der Waals surface area contributed by atoms with Gasteiger partial charge in [-0.05, 0) is 25.5 Å². The predicted molar refractivity (Wildman–Crippen MR) is 85.8 cm³/mol. The standard InChI is InChI=1S/C17H25N3O/c1-5-10-20-17(15(21-4)12-19-20)16(18-6-2)14-9-7-8-13(3)11-14/h7-9,11-12,16,18H,5-6,10H2,1-4H3. The van der Waals surface area contributed by atoms with Crippen LogP contribution in [-0.2, 0) is 6.54 Å². The summed E-state index contributed by atoms with van der Waals surface area (Å²) in [5.74, 6) is 0.843. The Morgan fingerprint density at radius 1 is 1.33 bits per heavy atom. The monoisotopic (exact) mass is 287 g/mol. The van der Waals surface area contributed by atoms with Crippen molar-refractivity contribution >= 4 is 0 Å². The van der Waals surface area contributed by atoms with Crippen molar-refractivity contribution in [2.45, 2.75) is 39.8 Å². The van der Waals surface area contributed by atoms with Gasteiger partial charge in [-0.25, -0.2) is 0 Å². The van der Waals surface area contributed by atoms with Crippen molar-refractivity contribution in [2.75, 3.05) is 13.7 Å². The number of aromatic nitrogens is 2. The van der Waals surface area contributed by atoms with E-state index in [2.05, 4.69) is 60.1 Å². The van der Waals surface area contributed by atoms with Crippen molar-refractivity contribution in [3.05, 3.63) is 47.3 Å². The number of methoxy groups -OCH3 is 1. The molecular formula is C17H25N3O. The van der Waals surface area contributed by atoms with Crippen LogP contribution in [0, 0.1) is 6.92 Å². The zero-order valence-corrected chi connectivity index (χ0v) is 13.4. The van der Waals surface area contributed by atoms with Crippen molar-refractivity contribution in [1.82, 2.24) is 15.1 Å².